The molecule has 0 N–H and O–H groups in total. The van der Waals surface area contributed by atoms with Crippen LogP contribution in [0.1, 0.15) is 48.5 Å². The van der Waals surface area contributed by atoms with Gasteiger partial charge in [-0.15, -0.1) is 0 Å². The van der Waals surface area contributed by atoms with Crippen molar-refractivity contribution in [2.24, 2.45) is 11.8 Å². The summed E-state index contributed by atoms with van der Waals surface area (Å²) in [6.07, 6.45) is 5.76. The lowest BCUT2D eigenvalue weighted by Crippen LogP contribution is -2.38. The molecule has 5 heteroatoms. The third-order valence-electron chi connectivity index (χ3n) is 6.95. The number of aromatic nitrogens is 1. The summed E-state index contributed by atoms with van der Waals surface area (Å²) in [5.74, 6) is 1.65. The molecule has 2 aliphatic rings. The van der Waals surface area contributed by atoms with Crippen LogP contribution >= 0.6 is 11.3 Å². The quantitative estimate of drug-likeness (QED) is 0.535. The van der Waals surface area contributed by atoms with Crippen molar-refractivity contribution in [3.63, 3.8) is 0 Å². The number of piperidine rings is 2. The molecule has 0 radical (unpaired) electrons. The summed E-state index contributed by atoms with van der Waals surface area (Å²) in [6.45, 7) is 6.22. The predicted octanol–water partition coefficient (Wildman–Crippen LogP) is 5.63. The zero-order chi connectivity index (χ0) is 21.2. The maximum Gasteiger partial charge on any atom is 0.253 e. The van der Waals surface area contributed by atoms with Gasteiger partial charge in [0.2, 0.25) is 0 Å². The van der Waals surface area contributed by atoms with Crippen molar-refractivity contribution in [2.45, 2.75) is 39.0 Å². The van der Waals surface area contributed by atoms with E-state index in [0.29, 0.717) is 5.92 Å². The van der Waals surface area contributed by atoms with Gasteiger partial charge in [-0.05, 0) is 67.7 Å². The third-order valence-corrected chi connectivity index (χ3v) is 8.03. The number of benzene rings is 2. The maximum atomic E-state index is 13.2. The van der Waals surface area contributed by atoms with E-state index in [2.05, 4.69) is 48.2 Å². The summed E-state index contributed by atoms with van der Waals surface area (Å²) in [5, 5.41) is 1.10. The number of carbonyl (C=O) groups is 1. The third kappa shape index (κ3) is 4.62. The molecule has 0 aliphatic carbocycles. The van der Waals surface area contributed by atoms with Crippen LogP contribution in [0.3, 0.4) is 0 Å². The van der Waals surface area contributed by atoms with Crippen molar-refractivity contribution in [3.8, 4) is 0 Å². The van der Waals surface area contributed by atoms with E-state index in [1.165, 1.54) is 18.4 Å². The lowest BCUT2D eigenvalue weighted by molar-refractivity contribution is 0.0691. The lowest BCUT2D eigenvalue weighted by Gasteiger charge is -2.32. The second kappa shape index (κ2) is 8.99. The van der Waals surface area contributed by atoms with Gasteiger partial charge in [-0.3, -0.25) is 4.79 Å². The Morgan fingerprint density at radius 3 is 2.48 bits per heavy atom. The average Bonchev–Trinajstić information content (AvgIpc) is 3.24. The molecule has 0 unspecified atom stereocenters. The second-order valence-electron chi connectivity index (χ2n) is 9.27. The normalized spacial score (nSPS) is 18.6. The maximum absolute atomic E-state index is 13.2. The van der Waals surface area contributed by atoms with Gasteiger partial charge in [0.15, 0.2) is 5.13 Å². The lowest BCUT2D eigenvalue weighted by atomic mass is 9.90. The summed E-state index contributed by atoms with van der Waals surface area (Å²) in [6, 6.07) is 16.8. The molecule has 1 amide bonds. The van der Waals surface area contributed by atoms with Gasteiger partial charge < -0.3 is 9.80 Å². The topological polar surface area (TPSA) is 36.4 Å². The van der Waals surface area contributed by atoms with Crippen LogP contribution in [-0.4, -0.2) is 42.0 Å². The predicted molar refractivity (Wildman–Crippen MR) is 129 cm³/mol. The number of fused-ring (bicyclic) bond motifs is 1. The fraction of sp³-hybridized carbons (Fsp3) is 0.462. The second-order valence-corrected chi connectivity index (χ2v) is 10.3. The largest absolute Gasteiger partial charge is 0.348 e. The Hall–Kier alpha value is -2.40. The molecular weight excluding hydrogens is 402 g/mol. The molecule has 31 heavy (non-hydrogen) atoms. The summed E-state index contributed by atoms with van der Waals surface area (Å²) >= 11 is 1.73. The number of anilines is 1. The average molecular weight is 434 g/mol. The van der Waals surface area contributed by atoms with Crippen LogP contribution < -0.4 is 4.90 Å². The highest BCUT2D eigenvalue weighted by Crippen LogP contribution is 2.32. The Kier molecular flexibility index (Phi) is 5.95. The standard InChI is InChI=1S/C26H31N3OS/c1-19-9-13-29(14-10-19)26-27-23-8-7-22(18-24(23)31-26)25(30)28-15-11-21(12-16-28)17-20-5-3-2-4-6-20/h2-8,18-19,21H,9-17H2,1H3. The van der Waals surface area contributed by atoms with E-state index in [4.69, 9.17) is 4.98 Å². The van der Waals surface area contributed by atoms with Gasteiger partial charge in [-0.2, -0.15) is 0 Å². The van der Waals surface area contributed by atoms with E-state index in [-0.39, 0.29) is 5.91 Å². The first kappa shape index (κ1) is 20.5. The van der Waals surface area contributed by atoms with Gasteiger partial charge in [0.25, 0.3) is 5.91 Å². The summed E-state index contributed by atoms with van der Waals surface area (Å²) in [7, 11) is 0. The highest BCUT2D eigenvalue weighted by molar-refractivity contribution is 7.22. The number of thiazole rings is 1. The van der Waals surface area contributed by atoms with Crippen molar-refractivity contribution in [1.82, 2.24) is 9.88 Å². The molecule has 0 bridgehead atoms. The van der Waals surface area contributed by atoms with E-state index >= 15 is 0 Å². The van der Waals surface area contributed by atoms with Crippen molar-refractivity contribution in [3.05, 3.63) is 59.7 Å². The number of rotatable bonds is 4. The van der Waals surface area contributed by atoms with Gasteiger partial charge in [-0.1, -0.05) is 48.6 Å². The van der Waals surface area contributed by atoms with Gasteiger partial charge in [0, 0.05) is 31.7 Å². The van der Waals surface area contributed by atoms with Crippen molar-refractivity contribution >= 4 is 32.6 Å². The van der Waals surface area contributed by atoms with E-state index in [9.17, 15) is 4.79 Å². The SMILES string of the molecule is CC1CCN(c2nc3ccc(C(=O)N4CCC(Cc5ccccc5)CC4)cc3s2)CC1. The minimum absolute atomic E-state index is 0.168. The number of hydrogen-bond donors (Lipinski definition) is 0. The van der Waals surface area contributed by atoms with Gasteiger partial charge in [0.1, 0.15) is 0 Å². The van der Waals surface area contributed by atoms with Gasteiger partial charge in [0.05, 0.1) is 10.2 Å². The smallest absolute Gasteiger partial charge is 0.253 e. The van der Waals surface area contributed by atoms with Crippen LogP contribution in [0.15, 0.2) is 48.5 Å². The first-order chi connectivity index (χ1) is 15.2. The molecule has 162 valence electrons. The molecule has 3 heterocycles. The van der Waals surface area contributed by atoms with Gasteiger partial charge >= 0.3 is 0 Å². The van der Waals surface area contributed by atoms with Crippen molar-refractivity contribution in [1.29, 1.82) is 0 Å². The van der Waals surface area contributed by atoms with Crippen LogP contribution in [0, 0.1) is 11.8 Å². The Balaban J connectivity index is 1.23. The Morgan fingerprint density at radius 2 is 1.74 bits per heavy atom. The number of likely N-dealkylation sites (tertiary alicyclic amines) is 1. The Morgan fingerprint density at radius 1 is 1.00 bits per heavy atom. The molecule has 2 aliphatic heterocycles. The summed E-state index contributed by atoms with van der Waals surface area (Å²) in [4.78, 5) is 22.4. The molecule has 5 rings (SSSR count). The molecular formula is C26H31N3OS. The monoisotopic (exact) mass is 433 g/mol. The zero-order valence-corrected chi connectivity index (χ0v) is 19.1. The van der Waals surface area contributed by atoms with Crippen LogP contribution in [0.4, 0.5) is 5.13 Å². The minimum Gasteiger partial charge on any atom is -0.348 e. The number of amides is 1. The molecule has 0 atom stereocenters. The van der Waals surface area contributed by atoms with Crippen LogP contribution in [-0.2, 0) is 6.42 Å². The highest BCUT2D eigenvalue weighted by Gasteiger charge is 2.25. The Labute approximate surface area is 188 Å². The van der Waals surface area contributed by atoms with E-state index in [1.54, 1.807) is 11.3 Å². The Bertz CT molecular complexity index is 1030. The van der Waals surface area contributed by atoms with E-state index < -0.39 is 0 Å². The molecule has 2 fully saturated rings. The molecule has 2 saturated heterocycles. The van der Waals surface area contributed by atoms with Crippen molar-refractivity contribution in [2.75, 3.05) is 31.1 Å². The number of nitrogens with zero attached hydrogens (tertiary/aromatic N) is 3. The molecule has 3 aromatic rings. The molecule has 2 aromatic carbocycles. The number of carbonyl (C=O) groups excluding carboxylic acids is 1. The fourth-order valence-corrected chi connectivity index (χ4v) is 5.91. The van der Waals surface area contributed by atoms with E-state index in [1.807, 2.05) is 17.0 Å². The van der Waals surface area contributed by atoms with E-state index in [0.717, 1.165) is 72.3 Å². The first-order valence-electron chi connectivity index (χ1n) is 11.6. The molecule has 0 spiro atoms. The zero-order valence-electron chi connectivity index (χ0n) is 18.3. The van der Waals surface area contributed by atoms with Crippen LogP contribution in [0.25, 0.3) is 10.2 Å². The highest BCUT2D eigenvalue weighted by atomic mass is 32.1. The fourth-order valence-electron chi connectivity index (χ4n) is 4.85. The van der Waals surface area contributed by atoms with Crippen molar-refractivity contribution < 1.29 is 4.79 Å². The number of hydrogen-bond acceptors (Lipinski definition) is 4. The molecule has 0 saturated carbocycles. The summed E-state index contributed by atoms with van der Waals surface area (Å²) < 4.78 is 1.12. The molecule has 1 aromatic heterocycles. The van der Waals surface area contributed by atoms with Crippen LogP contribution in [0.5, 0.6) is 0 Å². The minimum atomic E-state index is 0.168. The first-order valence-corrected chi connectivity index (χ1v) is 12.5. The summed E-state index contributed by atoms with van der Waals surface area (Å²) in [5.41, 5.74) is 3.22. The van der Waals surface area contributed by atoms with Crippen LogP contribution in [0.2, 0.25) is 0 Å². The van der Waals surface area contributed by atoms with Gasteiger partial charge in [-0.25, -0.2) is 4.98 Å². The molecule has 4 nitrogen and oxygen atoms in total.